The van der Waals surface area contributed by atoms with Crippen LogP contribution in [0.25, 0.3) is 0 Å². The first-order chi connectivity index (χ1) is 6.52. The van der Waals surface area contributed by atoms with E-state index < -0.39 is 11.9 Å². The van der Waals surface area contributed by atoms with Crippen molar-refractivity contribution in [3.05, 3.63) is 35.6 Å². The van der Waals surface area contributed by atoms with Crippen LogP contribution in [0.2, 0.25) is 0 Å². The molecule has 0 saturated heterocycles. The van der Waals surface area contributed by atoms with Gasteiger partial charge in [-0.25, -0.2) is 4.39 Å². The Labute approximate surface area is 94.5 Å². The second-order valence-electron chi connectivity index (χ2n) is 3.61. The molecule has 84 valence electrons. The summed E-state index contributed by atoms with van der Waals surface area (Å²) in [6.07, 6.45) is 0. The number of carbonyl (C=O) groups is 1. The van der Waals surface area contributed by atoms with E-state index in [1.165, 1.54) is 24.3 Å². The van der Waals surface area contributed by atoms with Crippen molar-refractivity contribution < 1.29 is 14.3 Å². The van der Waals surface area contributed by atoms with Gasteiger partial charge in [-0.3, -0.25) is 4.79 Å². The molecule has 2 nitrogen and oxygen atoms in total. The van der Waals surface area contributed by atoms with Crippen LogP contribution in [0.1, 0.15) is 25.3 Å². The summed E-state index contributed by atoms with van der Waals surface area (Å²) in [5, 5.41) is 8.97. The van der Waals surface area contributed by atoms with Gasteiger partial charge in [-0.2, -0.15) is 0 Å². The number of carboxylic acids is 1. The van der Waals surface area contributed by atoms with E-state index in [1.54, 1.807) is 0 Å². The van der Waals surface area contributed by atoms with Crippen LogP contribution in [-0.2, 0) is 4.79 Å². The monoisotopic (exact) mass is 232 g/mol. The molecule has 0 fully saturated rings. The van der Waals surface area contributed by atoms with E-state index in [4.69, 9.17) is 5.11 Å². The fourth-order valence-electron chi connectivity index (χ4n) is 1.48. The number of rotatable bonds is 3. The Morgan fingerprint density at radius 2 is 1.73 bits per heavy atom. The van der Waals surface area contributed by atoms with E-state index in [0.29, 0.717) is 5.56 Å². The molecule has 1 aromatic carbocycles. The average Bonchev–Trinajstić information content (AvgIpc) is 2.07. The largest absolute Gasteiger partial charge is 0.481 e. The lowest BCUT2D eigenvalue weighted by molar-refractivity contribution is -0.139. The molecule has 4 heteroatoms. The van der Waals surface area contributed by atoms with Crippen molar-refractivity contribution in [2.75, 3.05) is 0 Å². The predicted molar refractivity (Wildman–Crippen MR) is 58.9 cm³/mol. The molecule has 0 amide bonds. The quantitative estimate of drug-likeness (QED) is 0.870. The zero-order valence-corrected chi connectivity index (χ0v) is 9.42. The van der Waals surface area contributed by atoms with Gasteiger partial charge in [0.25, 0.3) is 0 Å². The minimum atomic E-state index is -0.869. The minimum Gasteiger partial charge on any atom is -0.481 e. The molecular formula is C11H14ClFO2. The molecule has 0 aliphatic rings. The molecule has 0 unspecified atom stereocenters. The summed E-state index contributed by atoms with van der Waals surface area (Å²) in [7, 11) is 0. The van der Waals surface area contributed by atoms with Gasteiger partial charge in [0.15, 0.2) is 0 Å². The van der Waals surface area contributed by atoms with Crippen molar-refractivity contribution in [3.8, 4) is 0 Å². The molecule has 0 saturated carbocycles. The van der Waals surface area contributed by atoms with Crippen molar-refractivity contribution in [2.24, 2.45) is 5.92 Å². The van der Waals surface area contributed by atoms with Crippen molar-refractivity contribution >= 4 is 18.4 Å². The first kappa shape index (κ1) is 13.9. The summed E-state index contributed by atoms with van der Waals surface area (Å²) in [6, 6.07) is 5.61. The highest BCUT2D eigenvalue weighted by atomic mass is 35.5. The van der Waals surface area contributed by atoms with Crippen LogP contribution in [0.15, 0.2) is 24.3 Å². The standard InChI is InChI=1S/C11H13FO2.ClH/c1-7(2)10(11(13)14)8-3-5-9(12)6-4-8;/h3-7,10H,1-2H3,(H,13,14);1H/t10-;/m0./s1. The van der Waals surface area contributed by atoms with E-state index in [2.05, 4.69) is 0 Å². The van der Waals surface area contributed by atoms with E-state index >= 15 is 0 Å². The lowest BCUT2D eigenvalue weighted by Gasteiger charge is -2.16. The van der Waals surface area contributed by atoms with Gasteiger partial charge in [0.1, 0.15) is 5.82 Å². The molecule has 0 aromatic heterocycles. The molecule has 0 radical (unpaired) electrons. The summed E-state index contributed by atoms with van der Waals surface area (Å²) in [5.41, 5.74) is 0.647. The van der Waals surface area contributed by atoms with Crippen LogP contribution in [0.3, 0.4) is 0 Å². The third-order valence-corrected chi connectivity index (χ3v) is 2.16. The summed E-state index contributed by atoms with van der Waals surface area (Å²) in [5.74, 6) is -1.78. The summed E-state index contributed by atoms with van der Waals surface area (Å²) in [6.45, 7) is 3.67. The molecule has 0 aliphatic heterocycles. The van der Waals surface area contributed by atoms with Gasteiger partial charge in [-0.1, -0.05) is 26.0 Å². The molecular weight excluding hydrogens is 219 g/mol. The molecule has 0 aliphatic carbocycles. The lowest BCUT2D eigenvalue weighted by atomic mass is 9.89. The Balaban J connectivity index is 0.00000196. The number of hydrogen-bond acceptors (Lipinski definition) is 1. The summed E-state index contributed by atoms with van der Waals surface area (Å²) >= 11 is 0. The normalized spacial score (nSPS) is 12.0. The van der Waals surface area contributed by atoms with Crippen LogP contribution in [0.4, 0.5) is 4.39 Å². The molecule has 15 heavy (non-hydrogen) atoms. The minimum absolute atomic E-state index is 0. The van der Waals surface area contributed by atoms with Gasteiger partial charge in [0, 0.05) is 0 Å². The molecule has 0 bridgehead atoms. The van der Waals surface area contributed by atoms with Crippen LogP contribution in [-0.4, -0.2) is 11.1 Å². The van der Waals surface area contributed by atoms with Crippen LogP contribution < -0.4 is 0 Å². The van der Waals surface area contributed by atoms with Gasteiger partial charge in [-0.15, -0.1) is 12.4 Å². The molecule has 0 spiro atoms. The SMILES string of the molecule is CC(C)[C@H](C(=O)O)c1ccc(F)cc1.Cl. The van der Waals surface area contributed by atoms with Gasteiger partial charge in [0.05, 0.1) is 5.92 Å². The Kier molecular flexibility index (Phi) is 5.29. The number of aliphatic carboxylic acids is 1. The fourth-order valence-corrected chi connectivity index (χ4v) is 1.48. The second kappa shape index (κ2) is 5.71. The maximum Gasteiger partial charge on any atom is 0.311 e. The Morgan fingerprint density at radius 3 is 2.07 bits per heavy atom. The van der Waals surface area contributed by atoms with Crippen LogP contribution >= 0.6 is 12.4 Å². The molecule has 1 atom stereocenters. The highest BCUT2D eigenvalue weighted by Gasteiger charge is 2.23. The predicted octanol–water partition coefficient (Wildman–Crippen LogP) is 3.07. The zero-order valence-electron chi connectivity index (χ0n) is 8.61. The maximum absolute atomic E-state index is 12.6. The van der Waals surface area contributed by atoms with Crippen LogP contribution in [0.5, 0.6) is 0 Å². The topological polar surface area (TPSA) is 37.3 Å². The van der Waals surface area contributed by atoms with Gasteiger partial charge in [0.2, 0.25) is 0 Å². The van der Waals surface area contributed by atoms with Crippen molar-refractivity contribution in [2.45, 2.75) is 19.8 Å². The molecule has 1 rings (SSSR count). The van der Waals surface area contributed by atoms with Crippen molar-refractivity contribution in [1.29, 1.82) is 0 Å². The third-order valence-electron chi connectivity index (χ3n) is 2.16. The Morgan fingerprint density at radius 1 is 1.27 bits per heavy atom. The van der Waals surface area contributed by atoms with Crippen molar-refractivity contribution in [3.63, 3.8) is 0 Å². The lowest BCUT2D eigenvalue weighted by Crippen LogP contribution is -2.17. The maximum atomic E-state index is 12.6. The average molecular weight is 233 g/mol. The van der Waals surface area contributed by atoms with E-state index in [1.807, 2.05) is 13.8 Å². The molecule has 1 aromatic rings. The Hall–Kier alpha value is -1.09. The Bertz CT molecular complexity index is 322. The number of halogens is 2. The second-order valence-corrected chi connectivity index (χ2v) is 3.61. The van der Waals surface area contributed by atoms with E-state index in [9.17, 15) is 9.18 Å². The smallest absolute Gasteiger partial charge is 0.311 e. The number of benzene rings is 1. The van der Waals surface area contributed by atoms with Crippen LogP contribution in [0, 0.1) is 11.7 Å². The van der Waals surface area contributed by atoms with E-state index in [0.717, 1.165) is 0 Å². The summed E-state index contributed by atoms with van der Waals surface area (Å²) in [4.78, 5) is 10.9. The highest BCUT2D eigenvalue weighted by molar-refractivity contribution is 5.85. The first-order valence-electron chi connectivity index (χ1n) is 4.50. The van der Waals surface area contributed by atoms with Gasteiger partial charge in [-0.05, 0) is 23.6 Å². The number of hydrogen-bond donors (Lipinski definition) is 1. The van der Waals surface area contributed by atoms with Crippen molar-refractivity contribution in [1.82, 2.24) is 0 Å². The third kappa shape index (κ3) is 3.51. The highest BCUT2D eigenvalue weighted by Crippen LogP contribution is 2.24. The zero-order chi connectivity index (χ0) is 10.7. The molecule has 0 heterocycles. The first-order valence-corrected chi connectivity index (χ1v) is 4.50. The van der Waals surface area contributed by atoms with Gasteiger partial charge >= 0.3 is 5.97 Å². The van der Waals surface area contributed by atoms with Gasteiger partial charge < -0.3 is 5.11 Å². The molecule has 1 N–H and O–H groups in total. The number of carboxylic acid groups (broad SMARTS) is 1. The fraction of sp³-hybridized carbons (Fsp3) is 0.364. The van der Waals surface area contributed by atoms with E-state index in [-0.39, 0.29) is 24.1 Å². The summed E-state index contributed by atoms with van der Waals surface area (Å²) < 4.78 is 12.6.